The highest BCUT2D eigenvalue weighted by molar-refractivity contribution is 6.33. The van der Waals surface area contributed by atoms with Crippen LogP contribution < -0.4 is 10.4 Å². The van der Waals surface area contributed by atoms with Gasteiger partial charge in [0, 0.05) is 18.8 Å². The SMILES string of the molecule is Clc1ncnc2c1ncn2C1C[C@H]2C[C@@H]1C[NH2+]2.O=C([O-])C(F)(F)F. The zero-order valence-corrected chi connectivity index (χ0v) is 13.0. The molecule has 4 rings (SSSR count). The predicted molar refractivity (Wildman–Crippen MR) is 73.7 cm³/mol. The molecule has 1 aliphatic heterocycles. The molecule has 2 aromatic heterocycles. The van der Waals surface area contributed by atoms with Gasteiger partial charge in [-0.25, -0.2) is 15.0 Å². The van der Waals surface area contributed by atoms with E-state index in [4.69, 9.17) is 21.5 Å². The average molecular weight is 364 g/mol. The maximum absolute atomic E-state index is 10.5. The Bertz CT molecular complexity index is 766. The number of aromatic nitrogens is 4. The van der Waals surface area contributed by atoms with Gasteiger partial charge in [0.1, 0.15) is 17.8 Å². The van der Waals surface area contributed by atoms with Crippen LogP contribution >= 0.6 is 11.6 Å². The number of alkyl halides is 3. The van der Waals surface area contributed by atoms with Crippen molar-refractivity contribution in [3.8, 4) is 0 Å². The molecule has 2 N–H and O–H groups in total. The quantitative estimate of drug-likeness (QED) is 0.700. The van der Waals surface area contributed by atoms with Crippen LogP contribution in [0.5, 0.6) is 0 Å². The van der Waals surface area contributed by atoms with Crippen LogP contribution in [0.4, 0.5) is 13.2 Å². The fraction of sp³-hybridized carbons (Fsp3) is 0.538. The van der Waals surface area contributed by atoms with Gasteiger partial charge in [0.05, 0.1) is 25.0 Å². The first-order valence-electron chi connectivity index (χ1n) is 7.22. The van der Waals surface area contributed by atoms with Gasteiger partial charge in [-0.05, 0) is 0 Å². The highest BCUT2D eigenvalue weighted by atomic mass is 35.5. The van der Waals surface area contributed by atoms with Crippen molar-refractivity contribution in [2.75, 3.05) is 6.54 Å². The number of fused-ring (bicyclic) bond motifs is 3. The number of quaternary nitrogens is 1. The van der Waals surface area contributed by atoms with Crippen LogP contribution in [-0.4, -0.2) is 44.3 Å². The van der Waals surface area contributed by atoms with Gasteiger partial charge >= 0.3 is 6.18 Å². The molecule has 7 nitrogen and oxygen atoms in total. The Morgan fingerprint density at radius 3 is 2.58 bits per heavy atom. The number of carboxylic acids is 1. The van der Waals surface area contributed by atoms with Gasteiger partial charge in [-0.3, -0.25) is 0 Å². The average Bonchev–Trinajstić information content (AvgIpc) is 3.21. The van der Waals surface area contributed by atoms with Gasteiger partial charge in [0.25, 0.3) is 0 Å². The van der Waals surface area contributed by atoms with Crippen molar-refractivity contribution in [3.05, 3.63) is 17.8 Å². The first-order valence-corrected chi connectivity index (χ1v) is 7.59. The summed E-state index contributed by atoms with van der Waals surface area (Å²) in [5.74, 6) is -2.25. The third-order valence-corrected chi connectivity index (χ3v) is 4.65. The van der Waals surface area contributed by atoms with Crippen molar-refractivity contribution in [3.63, 3.8) is 0 Å². The molecule has 0 spiro atoms. The van der Waals surface area contributed by atoms with Gasteiger partial charge in [-0.1, -0.05) is 11.6 Å². The molecule has 0 aromatic carbocycles. The first-order chi connectivity index (χ1) is 11.3. The molecule has 1 saturated carbocycles. The molecule has 2 fully saturated rings. The highest BCUT2D eigenvalue weighted by Crippen LogP contribution is 2.38. The van der Waals surface area contributed by atoms with E-state index >= 15 is 0 Å². The molecule has 0 radical (unpaired) electrons. The second-order valence-electron chi connectivity index (χ2n) is 5.80. The molecule has 2 aliphatic rings. The zero-order chi connectivity index (χ0) is 17.5. The lowest BCUT2D eigenvalue weighted by Crippen LogP contribution is -2.88. The Balaban J connectivity index is 0.000000209. The smallest absolute Gasteiger partial charge is 0.430 e. The van der Waals surface area contributed by atoms with Crippen LogP contribution in [0.15, 0.2) is 12.7 Å². The molecule has 3 atom stereocenters. The fourth-order valence-corrected chi connectivity index (χ4v) is 3.54. The van der Waals surface area contributed by atoms with Gasteiger partial charge < -0.3 is 19.8 Å². The van der Waals surface area contributed by atoms with E-state index in [1.165, 1.54) is 25.7 Å². The monoisotopic (exact) mass is 363 g/mol. The third kappa shape index (κ3) is 3.16. The van der Waals surface area contributed by atoms with Gasteiger partial charge in [0.2, 0.25) is 0 Å². The fourth-order valence-electron chi connectivity index (χ4n) is 3.36. The molecule has 0 amide bonds. The predicted octanol–water partition coefficient (Wildman–Crippen LogP) is -0.325. The van der Waals surface area contributed by atoms with Crippen molar-refractivity contribution in [2.24, 2.45) is 5.92 Å². The number of aliphatic carboxylic acids is 1. The van der Waals surface area contributed by atoms with Crippen molar-refractivity contribution in [2.45, 2.75) is 31.1 Å². The maximum atomic E-state index is 10.5. The molecule has 3 heterocycles. The highest BCUT2D eigenvalue weighted by Gasteiger charge is 2.44. The summed E-state index contributed by atoms with van der Waals surface area (Å²) in [4.78, 5) is 21.4. The number of hydrogen-bond donors (Lipinski definition) is 1. The van der Waals surface area contributed by atoms with E-state index in [1.54, 1.807) is 0 Å². The number of hydrogen-bond acceptors (Lipinski definition) is 5. The first kappa shape index (κ1) is 16.9. The third-order valence-electron chi connectivity index (χ3n) is 4.37. The van der Waals surface area contributed by atoms with Crippen LogP contribution in [0.2, 0.25) is 5.15 Å². The Morgan fingerprint density at radius 1 is 1.33 bits per heavy atom. The number of carbonyl (C=O) groups excluding carboxylic acids is 1. The van der Waals surface area contributed by atoms with Gasteiger partial charge in [-0.2, -0.15) is 13.2 Å². The van der Waals surface area contributed by atoms with E-state index in [-0.39, 0.29) is 0 Å². The van der Waals surface area contributed by atoms with Crippen LogP contribution in [0.3, 0.4) is 0 Å². The van der Waals surface area contributed by atoms with Crippen molar-refractivity contribution < 1.29 is 28.4 Å². The van der Waals surface area contributed by atoms with Crippen molar-refractivity contribution in [1.29, 1.82) is 0 Å². The summed E-state index contributed by atoms with van der Waals surface area (Å²) in [6.07, 6.45) is 0.736. The standard InChI is InChI=1S/C11H12ClN5.C2HF3O2/c12-10-9-11(15-4-14-10)17(5-16-9)8-2-7-1-6(8)3-13-7;3-2(4,5)1(6)7/h4-8,13H,1-3H2;(H,6,7)/t6-,7-,8?;/m1./s1. The van der Waals surface area contributed by atoms with E-state index < -0.39 is 12.1 Å². The number of carbonyl (C=O) groups is 1. The molecular weight excluding hydrogens is 351 g/mol. The Hall–Kier alpha value is -1.94. The Kier molecular flexibility index (Phi) is 4.35. The van der Waals surface area contributed by atoms with E-state index in [0.717, 1.165) is 23.1 Å². The number of rotatable bonds is 1. The van der Waals surface area contributed by atoms with Gasteiger partial charge in [0.15, 0.2) is 10.8 Å². The number of nitrogens with two attached hydrogens (primary N) is 1. The van der Waals surface area contributed by atoms with E-state index in [0.29, 0.717) is 11.2 Å². The minimum Gasteiger partial charge on any atom is -0.542 e. The summed E-state index contributed by atoms with van der Waals surface area (Å²) < 4.78 is 33.7. The number of piperidine rings is 1. The van der Waals surface area contributed by atoms with Gasteiger partial charge in [-0.15, -0.1) is 0 Å². The molecule has 130 valence electrons. The minimum atomic E-state index is -5.19. The minimum absolute atomic E-state index is 0.448. The summed E-state index contributed by atoms with van der Waals surface area (Å²) in [6.45, 7) is 1.23. The summed E-state index contributed by atoms with van der Waals surface area (Å²) in [6, 6.07) is 1.33. The molecule has 2 aromatic rings. The normalized spacial score (nSPS) is 25.6. The maximum Gasteiger partial charge on any atom is 0.430 e. The molecular formula is C13H13ClF3N5O2. The zero-order valence-electron chi connectivity index (χ0n) is 12.2. The van der Waals surface area contributed by atoms with Crippen LogP contribution in [0.25, 0.3) is 11.2 Å². The van der Waals surface area contributed by atoms with Crippen molar-refractivity contribution in [1.82, 2.24) is 19.5 Å². The van der Waals surface area contributed by atoms with E-state index in [2.05, 4.69) is 24.8 Å². The van der Waals surface area contributed by atoms with E-state index in [1.807, 2.05) is 6.33 Å². The second kappa shape index (κ2) is 6.17. The lowest BCUT2D eigenvalue weighted by molar-refractivity contribution is -0.679. The molecule has 24 heavy (non-hydrogen) atoms. The number of carboxylic acid groups (broad SMARTS) is 1. The lowest BCUT2D eigenvalue weighted by Gasteiger charge is -2.21. The van der Waals surface area contributed by atoms with Crippen molar-refractivity contribution >= 4 is 28.7 Å². The van der Waals surface area contributed by atoms with Crippen LogP contribution in [0.1, 0.15) is 18.9 Å². The van der Waals surface area contributed by atoms with Crippen LogP contribution in [-0.2, 0) is 4.79 Å². The van der Waals surface area contributed by atoms with Crippen LogP contribution in [0, 0.1) is 5.92 Å². The second-order valence-corrected chi connectivity index (χ2v) is 6.16. The Labute approximate surface area is 138 Å². The summed E-state index contributed by atoms with van der Waals surface area (Å²) in [5, 5.41) is 11.7. The van der Waals surface area contributed by atoms with E-state index in [9.17, 15) is 13.2 Å². The summed E-state index contributed by atoms with van der Waals surface area (Å²) in [5.41, 5.74) is 1.60. The number of imidazole rings is 1. The number of halogens is 4. The lowest BCUT2D eigenvalue weighted by atomic mass is 10.0. The number of nitrogens with zero attached hydrogens (tertiary/aromatic N) is 4. The Morgan fingerprint density at radius 2 is 2.04 bits per heavy atom. The largest absolute Gasteiger partial charge is 0.542 e. The molecule has 1 aliphatic carbocycles. The summed E-state index contributed by atoms with van der Waals surface area (Å²) in [7, 11) is 0. The topological polar surface area (TPSA) is 100 Å². The molecule has 2 bridgehead atoms. The summed E-state index contributed by atoms with van der Waals surface area (Å²) >= 11 is 6.02. The molecule has 11 heteroatoms. The molecule has 1 saturated heterocycles. The molecule has 1 unspecified atom stereocenters.